The number of Topliss-reactive ketones (excluding diaryl/α,β-unsaturated/α-hetero) is 1. The summed E-state index contributed by atoms with van der Waals surface area (Å²) in [7, 11) is 0. The highest BCUT2D eigenvalue weighted by molar-refractivity contribution is 5.84. The second-order valence-electron chi connectivity index (χ2n) is 4.06. The molecular weight excluding hydrogens is 192 g/mol. The fraction of sp³-hybridized carbons (Fsp3) is 0.667. The number of rotatable bonds is 5. The molecule has 2 atom stereocenters. The Labute approximate surface area is 90.2 Å². The molecule has 0 heterocycles. The molecule has 1 aliphatic rings. The Morgan fingerprint density at radius 1 is 1.53 bits per heavy atom. The summed E-state index contributed by atoms with van der Waals surface area (Å²) < 4.78 is 0. The predicted octanol–water partition coefficient (Wildman–Crippen LogP) is 1.08. The van der Waals surface area contributed by atoms with Crippen LogP contribution in [-0.2, 0) is 9.59 Å². The molecule has 0 spiro atoms. The van der Waals surface area contributed by atoms with E-state index in [1.54, 1.807) is 0 Å². The molecule has 3 heteroatoms. The van der Waals surface area contributed by atoms with E-state index >= 15 is 0 Å². The third kappa shape index (κ3) is 3.50. The zero-order chi connectivity index (χ0) is 11.3. The van der Waals surface area contributed by atoms with E-state index in [4.69, 9.17) is 0 Å². The van der Waals surface area contributed by atoms with E-state index in [9.17, 15) is 14.7 Å². The van der Waals surface area contributed by atoms with Gasteiger partial charge in [0.25, 0.3) is 0 Å². The molecule has 15 heavy (non-hydrogen) atoms. The second kappa shape index (κ2) is 5.69. The van der Waals surface area contributed by atoms with Crippen LogP contribution in [0.15, 0.2) is 12.2 Å². The molecule has 1 fully saturated rings. The van der Waals surface area contributed by atoms with Crippen molar-refractivity contribution in [1.82, 2.24) is 0 Å². The van der Waals surface area contributed by atoms with Crippen LogP contribution in [0.4, 0.5) is 0 Å². The Kier molecular flexibility index (Phi) is 4.53. The van der Waals surface area contributed by atoms with Gasteiger partial charge in [0.15, 0.2) is 0 Å². The molecule has 0 N–H and O–H groups in total. The minimum absolute atomic E-state index is 0.0102. The van der Waals surface area contributed by atoms with Gasteiger partial charge in [-0.1, -0.05) is 19.1 Å². The Bertz CT molecular complexity index is 268. The zero-order valence-electron chi connectivity index (χ0n) is 9.07. The molecule has 0 bridgehead atoms. The number of hydrogen-bond donors (Lipinski definition) is 0. The Balaban J connectivity index is 2.52. The van der Waals surface area contributed by atoms with Crippen LogP contribution in [0.2, 0.25) is 0 Å². The SMILES string of the molecule is CC/C=C\C[C@@H]1C(=O)CC[C@@H]1CC(=O)[O-]. The van der Waals surface area contributed by atoms with Crippen molar-refractivity contribution >= 4 is 11.8 Å². The molecule has 0 unspecified atom stereocenters. The van der Waals surface area contributed by atoms with Crippen molar-refractivity contribution in [2.75, 3.05) is 0 Å². The normalized spacial score (nSPS) is 26.3. The van der Waals surface area contributed by atoms with E-state index in [0.717, 1.165) is 6.42 Å². The maximum atomic E-state index is 11.5. The van der Waals surface area contributed by atoms with Gasteiger partial charge in [-0.2, -0.15) is 0 Å². The van der Waals surface area contributed by atoms with E-state index in [1.807, 2.05) is 19.1 Å². The van der Waals surface area contributed by atoms with Crippen molar-refractivity contribution in [3.63, 3.8) is 0 Å². The standard InChI is InChI=1S/C12H18O3/c1-2-3-4-5-10-9(8-12(14)15)6-7-11(10)13/h3-4,9-10H,2,5-8H2,1H3,(H,14,15)/p-1/b4-3-/t9-,10+/m1/s1. The van der Waals surface area contributed by atoms with Crippen molar-refractivity contribution in [2.45, 2.75) is 39.0 Å². The molecule has 1 aliphatic carbocycles. The number of hydrogen-bond acceptors (Lipinski definition) is 3. The lowest BCUT2D eigenvalue weighted by atomic mass is 9.89. The molecule has 0 radical (unpaired) electrons. The molecule has 1 rings (SSSR count). The van der Waals surface area contributed by atoms with Gasteiger partial charge in [-0.25, -0.2) is 0 Å². The molecule has 0 saturated heterocycles. The number of carbonyl (C=O) groups is 2. The van der Waals surface area contributed by atoms with Crippen molar-refractivity contribution in [2.24, 2.45) is 11.8 Å². The Morgan fingerprint density at radius 2 is 2.27 bits per heavy atom. The van der Waals surface area contributed by atoms with Crippen LogP contribution < -0.4 is 5.11 Å². The molecule has 0 aromatic heterocycles. The third-order valence-electron chi connectivity index (χ3n) is 2.97. The highest BCUT2D eigenvalue weighted by Gasteiger charge is 2.33. The van der Waals surface area contributed by atoms with Crippen molar-refractivity contribution in [3.05, 3.63) is 12.2 Å². The zero-order valence-corrected chi connectivity index (χ0v) is 9.07. The monoisotopic (exact) mass is 209 g/mol. The summed E-state index contributed by atoms with van der Waals surface area (Å²) in [4.78, 5) is 22.0. The van der Waals surface area contributed by atoms with Gasteiger partial charge in [0.2, 0.25) is 0 Å². The topological polar surface area (TPSA) is 57.2 Å². The molecule has 0 aromatic carbocycles. The van der Waals surface area contributed by atoms with Crippen LogP contribution in [-0.4, -0.2) is 11.8 Å². The van der Waals surface area contributed by atoms with Gasteiger partial charge in [-0.3, -0.25) is 4.79 Å². The van der Waals surface area contributed by atoms with Gasteiger partial charge in [-0.05, 0) is 31.6 Å². The average molecular weight is 209 g/mol. The highest BCUT2D eigenvalue weighted by Crippen LogP contribution is 2.33. The maximum Gasteiger partial charge on any atom is 0.136 e. The second-order valence-corrected chi connectivity index (χ2v) is 4.06. The van der Waals surface area contributed by atoms with E-state index in [-0.39, 0.29) is 24.0 Å². The smallest absolute Gasteiger partial charge is 0.136 e. The third-order valence-corrected chi connectivity index (χ3v) is 2.97. The van der Waals surface area contributed by atoms with Crippen LogP contribution in [0.1, 0.15) is 39.0 Å². The van der Waals surface area contributed by atoms with Crippen LogP contribution in [0.25, 0.3) is 0 Å². The maximum absolute atomic E-state index is 11.5. The first-order valence-corrected chi connectivity index (χ1v) is 5.52. The highest BCUT2D eigenvalue weighted by atomic mass is 16.4. The van der Waals surface area contributed by atoms with Gasteiger partial charge in [0.05, 0.1) is 0 Å². The van der Waals surface area contributed by atoms with Gasteiger partial charge in [0.1, 0.15) is 5.78 Å². The van der Waals surface area contributed by atoms with E-state index < -0.39 is 5.97 Å². The molecule has 3 nitrogen and oxygen atoms in total. The first kappa shape index (κ1) is 12.0. The lowest BCUT2D eigenvalue weighted by molar-refractivity contribution is -0.307. The largest absolute Gasteiger partial charge is 0.550 e. The van der Waals surface area contributed by atoms with Gasteiger partial charge in [-0.15, -0.1) is 0 Å². The lowest BCUT2D eigenvalue weighted by Gasteiger charge is -2.17. The van der Waals surface area contributed by atoms with Gasteiger partial charge >= 0.3 is 0 Å². The average Bonchev–Trinajstić information content (AvgIpc) is 2.49. The van der Waals surface area contributed by atoms with E-state index in [1.165, 1.54) is 0 Å². The van der Waals surface area contributed by atoms with Crippen LogP contribution in [0.3, 0.4) is 0 Å². The summed E-state index contributed by atoms with van der Waals surface area (Å²) >= 11 is 0. The number of ketones is 1. The minimum atomic E-state index is -1.04. The van der Waals surface area contributed by atoms with Crippen LogP contribution >= 0.6 is 0 Å². The molecule has 1 saturated carbocycles. The molecule has 0 aromatic rings. The molecule has 84 valence electrons. The molecule has 0 aliphatic heterocycles. The van der Waals surface area contributed by atoms with Crippen molar-refractivity contribution in [1.29, 1.82) is 0 Å². The summed E-state index contributed by atoms with van der Waals surface area (Å²) in [6.07, 6.45) is 6.89. The fourth-order valence-electron chi connectivity index (χ4n) is 2.17. The number of aliphatic carboxylic acids is 1. The number of carboxylic acid groups (broad SMARTS) is 1. The van der Waals surface area contributed by atoms with E-state index in [2.05, 4.69) is 0 Å². The van der Waals surface area contributed by atoms with Gasteiger partial charge < -0.3 is 9.90 Å². The summed E-state index contributed by atoms with van der Waals surface area (Å²) in [5.74, 6) is -0.934. The van der Waals surface area contributed by atoms with Crippen LogP contribution in [0.5, 0.6) is 0 Å². The lowest BCUT2D eigenvalue weighted by Crippen LogP contribution is -2.27. The Morgan fingerprint density at radius 3 is 2.87 bits per heavy atom. The quantitative estimate of drug-likeness (QED) is 0.636. The van der Waals surface area contributed by atoms with Crippen molar-refractivity contribution in [3.8, 4) is 0 Å². The summed E-state index contributed by atoms with van der Waals surface area (Å²) in [6, 6.07) is 0. The predicted molar refractivity (Wildman–Crippen MR) is 54.9 cm³/mol. The number of carbonyl (C=O) groups excluding carboxylic acids is 2. The minimum Gasteiger partial charge on any atom is -0.550 e. The van der Waals surface area contributed by atoms with E-state index in [0.29, 0.717) is 19.3 Å². The summed E-state index contributed by atoms with van der Waals surface area (Å²) in [5, 5.41) is 10.5. The fourth-order valence-corrected chi connectivity index (χ4v) is 2.17. The number of allylic oxidation sites excluding steroid dienone is 2. The van der Waals surface area contributed by atoms with Gasteiger partial charge in [0, 0.05) is 18.3 Å². The molecule has 0 amide bonds. The Hall–Kier alpha value is -1.12. The summed E-state index contributed by atoms with van der Waals surface area (Å²) in [5.41, 5.74) is 0. The number of carboxylic acids is 1. The summed E-state index contributed by atoms with van der Waals surface area (Å²) in [6.45, 7) is 2.03. The molecular formula is C12H17O3-. The van der Waals surface area contributed by atoms with Crippen LogP contribution in [0, 0.1) is 11.8 Å². The van der Waals surface area contributed by atoms with Crippen molar-refractivity contribution < 1.29 is 14.7 Å². The first-order chi connectivity index (χ1) is 7.15. The first-order valence-electron chi connectivity index (χ1n) is 5.52.